The Morgan fingerprint density at radius 3 is 2.42 bits per heavy atom. The smallest absolute Gasteiger partial charge is 0.331 e. The lowest BCUT2D eigenvalue weighted by Crippen LogP contribution is -2.09. The lowest BCUT2D eigenvalue weighted by molar-refractivity contribution is -0.140. The summed E-state index contributed by atoms with van der Waals surface area (Å²) >= 11 is 0. The van der Waals surface area contributed by atoms with Gasteiger partial charge in [-0.25, -0.2) is 4.79 Å². The number of hydrogen-bond acceptors (Lipinski definition) is 6. The zero-order valence-electron chi connectivity index (χ0n) is 10.9. The molecule has 100 valence electrons. The molecule has 0 saturated heterocycles. The van der Waals surface area contributed by atoms with Crippen molar-refractivity contribution in [1.82, 2.24) is 0 Å². The number of rotatable bonds is 3. The number of benzene rings is 1. The molecule has 0 saturated carbocycles. The Morgan fingerprint density at radius 1 is 1.21 bits per heavy atom. The number of carbonyl (C=O) groups is 2. The Morgan fingerprint density at radius 2 is 1.84 bits per heavy atom. The second-order valence-electron chi connectivity index (χ2n) is 3.99. The molecule has 6 nitrogen and oxygen atoms in total. The molecule has 2 rings (SSSR count). The van der Waals surface area contributed by atoms with Crippen LogP contribution in [0.4, 0.5) is 0 Å². The molecule has 1 aromatic carbocycles. The number of fused-ring (bicyclic) bond motifs is 1. The van der Waals surface area contributed by atoms with Crippen molar-refractivity contribution in [2.24, 2.45) is 5.16 Å². The van der Waals surface area contributed by atoms with Crippen molar-refractivity contribution >= 4 is 17.5 Å². The van der Waals surface area contributed by atoms with Gasteiger partial charge in [-0.15, -0.1) is 0 Å². The summed E-state index contributed by atoms with van der Waals surface area (Å²) in [4.78, 5) is 27.3. The normalized spacial score (nSPS) is 15.3. The van der Waals surface area contributed by atoms with E-state index in [4.69, 9.17) is 9.47 Å². The monoisotopic (exact) mass is 263 g/mol. The Kier molecular flexibility index (Phi) is 3.50. The van der Waals surface area contributed by atoms with E-state index in [0.29, 0.717) is 23.5 Å². The first-order valence-electron chi connectivity index (χ1n) is 5.61. The standard InChI is InChI=1S/C13H13NO5/c1-7(15)19-14-10-4-8-5-11(17-2)12(18-3)6-9(8)13(10)16/h5-6H,4H2,1-3H3/b14-10-. The number of methoxy groups -OCH3 is 2. The average Bonchev–Trinajstić information content (AvgIpc) is 2.71. The SMILES string of the molecule is COc1cc2c(cc1OC)C(=O)/C(=N\OC(C)=O)C2. The molecule has 1 aromatic rings. The minimum atomic E-state index is -0.564. The largest absolute Gasteiger partial charge is 0.493 e. The fraction of sp³-hybridized carbons (Fsp3) is 0.308. The third-order valence-corrected chi connectivity index (χ3v) is 2.76. The highest BCUT2D eigenvalue weighted by Gasteiger charge is 2.29. The van der Waals surface area contributed by atoms with Gasteiger partial charge in [-0.2, -0.15) is 0 Å². The molecule has 0 spiro atoms. The predicted octanol–water partition coefficient (Wildman–Crippen LogP) is 1.36. The molecule has 0 fully saturated rings. The van der Waals surface area contributed by atoms with E-state index in [1.807, 2.05) is 0 Å². The number of ether oxygens (including phenoxy) is 2. The minimum absolute atomic E-state index is 0.195. The Balaban J connectivity index is 2.38. The van der Waals surface area contributed by atoms with Crippen LogP contribution in [0.5, 0.6) is 11.5 Å². The van der Waals surface area contributed by atoms with E-state index >= 15 is 0 Å². The topological polar surface area (TPSA) is 74.2 Å². The summed E-state index contributed by atoms with van der Waals surface area (Å²) in [6, 6.07) is 3.33. The molecule has 6 heteroatoms. The number of nitrogens with zero attached hydrogens (tertiary/aromatic N) is 1. The molecule has 1 aliphatic rings. The number of carbonyl (C=O) groups excluding carboxylic acids is 2. The summed E-state index contributed by atoms with van der Waals surface area (Å²) in [6.07, 6.45) is 0.307. The van der Waals surface area contributed by atoms with Gasteiger partial charge >= 0.3 is 5.97 Å². The highest BCUT2D eigenvalue weighted by Crippen LogP contribution is 2.34. The summed E-state index contributed by atoms with van der Waals surface area (Å²) in [5.74, 6) is 0.190. The first-order valence-corrected chi connectivity index (χ1v) is 5.61. The molecule has 0 unspecified atom stereocenters. The van der Waals surface area contributed by atoms with Crippen LogP contribution in [0.2, 0.25) is 0 Å². The molecule has 0 heterocycles. The molecule has 0 aliphatic heterocycles. The Labute approximate surface area is 109 Å². The zero-order valence-corrected chi connectivity index (χ0v) is 10.9. The van der Waals surface area contributed by atoms with Gasteiger partial charge in [-0.1, -0.05) is 5.16 Å². The van der Waals surface area contributed by atoms with Crippen LogP contribution in [0.15, 0.2) is 17.3 Å². The first kappa shape index (κ1) is 13.1. The maximum Gasteiger partial charge on any atom is 0.331 e. The fourth-order valence-corrected chi connectivity index (χ4v) is 1.89. The minimum Gasteiger partial charge on any atom is -0.493 e. The highest BCUT2D eigenvalue weighted by atomic mass is 16.7. The van der Waals surface area contributed by atoms with Crippen LogP contribution in [-0.2, 0) is 16.1 Å². The van der Waals surface area contributed by atoms with Crippen molar-refractivity contribution in [2.75, 3.05) is 14.2 Å². The summed E-state index contributed by atoms with van der Waals surface area (Å²) < 4.78 is 10.3. The van der Waals surface area contributed by atoms with Crippen LogP contribution in [0.1, 0.15) is 22.8 Å². The van der Waals surface area contributed by atoms with Crippen molar-refractivity contribution in [1.29, 1.82) is 0 Å². The number of Topliss-reactive ketones (excluding diaryl/α,β-unsaturated/α-hetero) is 1. The summed E-state index contributed by atoms with van der Waals surface area (Å²) in [5, 5.41) is 3.57. The van der Waals surface area contributed by atoms with Gasteiger partial charge in [0.15, 0.2) is 11.5 Å². The van der Waals surface area contributed by atoms with Crippen molar-refractivity contribution in [3.05, 3.63) is 23.3 Å². The molecule has 19 heavy (non-hydrogen) atoms. The van der Waals surface area contributed by atoms with Gasteiger partial charge < -0.3 is 14.3 Å². The van der Waals surface area contributed by atoms with Crippen LogP contribution >= 0.6 is 0 Å². The quantitative estimate of drug-likeness (QED) is 0.608. The maximum atomic E-state index is 12.1. The van der Waals surface area contributed by atoms with E-state index in [1.54, 1.807) is 12.1 Å². The third kappa shape index (κ3) is 2.42. The summed E-state index contributed by atoms with van der Waals surface area (Å²) in [6.45, 7) is 1.22. The maximum absolute atomic E-state index is 12.1. The van der Waals surface area contributed by atoms with E-state index < -0.39 is 5.97 Å². The zero-order chi connectivity index (χ0) is 14.0. The number of hydrogen-bond donors (Lipinski definition) is 0. The second kappa shape index (κ2) is 5.09. The van der Waals surface area contributed by atoms with Crippen LogP contribution in [0.25, 0.3) is 0 Å². The van der Waals surface area contributed by atoms with Gasteiger partial charge in [0.1, 0.15) is 5.71 Å². The van der Waals surface area contributed by atoms with Gasteiger partial charge in [0, 0.05) is 18.9 Å². The molecule has 0 amide bonds. The molecule has 1 aliphatic carbocycles. The fourth-order valence-electron chi connectivity index (χ4n) is 1.89. The summed E-state index contributed by atoms with van der Waals surface area (Å²) in [5.41, 5.74) is 1.46. The van der Waals surface area contributed by atoms with Crippen LogP contribution in [0.3, 0.4) is 0 Å². The van der Waals surface area contributed by atoms with Gasteiger partial charge in [-0.05, 0) is 17.7 Å². The van der Waals surface area contributed by atoms with Crippen LogP contribution < -0.4 is 9.47 Å². The average molecular weight is 263 g/mol. The summed E-state index contributed by atoms with van der Waals surface area (Å²) in [7, 11) is 3.02. The lowest BCUT2D eigenvalue weighted by atomic mass is 10.1. The van der Waals surface area contributed by atoms with E-state index in [9.17, 15) is 9.59 Å². The molecular formula is C13H13NO5. The lowest BCUT2D eigenvalue weighted by Gasteiger charge is -2.08. The molecule has 0 bridgehead atoms. The molecule has 0 N–H and O–H groups in total. The number of ketones is 1. The molecule has 0 radical (unpaired) electrons. The van der Waals surface area contributed by atoms with E-state index in [0.717, 1.165) is 5.56 Å². The highest BCUT2D eigenvalue weighted by molar-refractivity contribution is 6.49. The van der Waals surface area contributed by atoms with Crippen molar-refractivity contribution < 1.29 is 23.9 Å². The molecular weight excluding hydrogens is 250 g/mol. The van der Waals surface area contributed by atoms with Crippen LogP contribution in [0, 0.1) is 0 Å². The number of oxime groups is 1. The van der Waals surface area contributed by atoms with E-state index in [2.05, 4.69) is 9.99 Å². The molecule has 0 aromatic heterocycles. The Hall–Kier alpha value is -2.37. The van der Waals surface area contributed by atoms with E-state index in [1.165, 1.54) is 21.1 Å². The van der Waals surface area contributed by atoms with Crippen molar-refractivity contribution in [3.63, 3.8) is 0 Å². The van der Waals surface area contributed by atoms with E-state index in [-0.39, 0.29) is 11.5 Å². The first-order chi connectivity index (χ1) is 9.06. The van der Waals surface area contributed by atoms with Gasteiger partial charge in [0.05, 0.1) is 14.2 Å². The van der Waals surface area contributed by atoms with Gasteiger partial charge in [0.2, 0.25) is 5.78 Å². The van der Waals surface area contributed by atoms with Gasteiger partial charge in [-0.3, -0.25) is 4.79 Å². The third-order valence-electron chi connectivity index (χ3n) is 2.76. The van der Waals surface area contributed by atoms with Crippen molar-refractivity contribution in [2.45, 2.75) is 13.3 Å². The van der Waals surface area contributed by atoms with Gasteiger partial charge in [0.25, 0.3) is 0 Å². The Bertz CT molecular complexity index is 577. The van der Waals surface area contributed by atoms with Crippen molar-refractivity contribution in [3.8, 4) is 11.5 Å². The van der Waals surface area contributed by atoms with Crippen LogP contribution in [-0.4, -0.2) is 31.7 Å². The molecule has 0 atom stereocenters. The second-order valence-corrected chi connectivity index (χ2v) is 3.99. The predicted molar refractivity (Wildman–Crippen MR) is 66.8 cm³/mol.